The molecule has 42 heavy (non-hydrogen) atoms. The molecule has 0 fully saturated rings. The van der Waals surface area contributed by atoms with E-state index in [1.165, 1.54) is 72.8 Å². The van der Waals surface area contributed by atoms with Gasteiger partial charge >= 0.3 is 24.4 Å². The molecule has 0 aromatic heterocycles. The number of amides is 5. The molecule has 0 radical (unpaired) electrons. The number of oxime groups is 4. The van der Waals surface area contributed by atoms with Gasteiger partial charge in [0.25, 0.3) is 5.91 Å². The van der Waals surface area contributed by atoms with Crippen molar-refractivity contribution in [1.82, 2.24) is 22.1 Å². The summed E-state index contributed by atoms with van der Waals surface area (Å²) in [6.07, 6.45) is -0.324. The first-order valence-corrected chi connectivity index (χ1v) is 15.1. The van der Waals surface area contributed by atoms with E-state index in [0.717, 1.165) is 29.0 Å². The molecule has 0 N–H and O–H groups in total. The van der Waals surface area contributed by atoms with Gasteiger partial charge in [-0.15, -0.1) is 23.5 Å². The predicted molar refractivity (Wildman–Crippen MR) is 165 cm³/mol. The van der Waals surface area contributed by atoms with Gasteiger partial charge in [0.2, 0.25) is 5.04 Å². The molecule has 0 aliphatic heterocycles. The summed E-state index contributed by atoms with van der Waals surface area (Å²) in [5.74, 6) is -0.448. The molecule has 0 saturated carbocycles. The number of hydrogen-bond acceptors (Lipinski definition) is 17. The lowest BCUT2D eigenvalue weighted by Gasteiger charge is -2.19. The second-order valence-corrected chi connectivity index (χ2v) is 11.9. The Bertz CT molecular complexity index is 1120. The molecule has 5 amide bonds. The standard InChI is InChI=1S/C20H33N9O9S4/c1-12(21-35-17(31)26(6)41-28(8)19(33)37-23-14(3)39-10)13(2)22-36-18(32)27(7)42-29(9)20(34)38-24-15(40-11)16(30)25(4)5/h1-11H3. The monoisotopic (exact) mass is 671 g/mol. The van der Waals surface area contributed by atoms with Crippen molar-refractivity contribution in [2.24, 2.45) is 20.6 Å². The van der Waals surface area contributed by atoms with Crippen molar-refractivity contribution in [3.05, 3.63) is 0 Å². The van der Waals surface area contributed by atoms with Crippen LogP contribution in [0.3, 0.4) is 0 Å². The Hall–Kier alpha value is -3.37. The second-order valence-electron chi connectivity index (χ2n) is 7.55. The lowest BCUT2D eigenvalue weighted by molar-refractivity contribution is -0.121. The van der Waals surface area contributed by atoms with Crippen molar-refractivity contribution < 1.29 is 43.3 Å². The summed E-state index contributed by atoms with van der Waals surface area (Å²) in [5.41, 5.74) is 0.180. The third-order valence-corrected chi connectivity index (χ3v) is 6.98. The summed E-state index contributed by atoms with van der Waals surface area (Å²) in [5, 5.41) is 14.9. The third kappa shape index (κ3) is 14.5. The van der Waals surface area contributed by atoms with Gasteiger partial charge in [0.05, 0.1) is 24.3 Å². The van der Waals surface area contributed by atoms with E-state index < -0.39 is 30.3 Å². The van der Waals surface area contributed by atoms with Crippen molar-refractivity contribution >= 4 is 99.6 Å². The molecule has 0 aromatic carbocycles. The summed E-state index contributed by atoms with van der Waals surface area (Å²) in [6, 6.07) is 0. The Morgan fingerprint density at radius 1 is 0.524 bits per heavy atom. The summed E-state index contributed by atoms with van der Waals surface area (Å²) in [4.78, 5) is 80.8. The van der Waals surface area contributed by atoms with Crippen molar-refractivity contribution in [3.8, 4) is 0 Å². The minimum atomic E-state index is -0.969. The zero-order chi connectivity index (χ0) is 32.6. The maximum atomic E-state index is 12.2. The summed E-state index contributed by atoms with van der Waals surface area (Å²) in [6.45, 7) is 4.54. The molecule has 0 aliphatic rings. The second kappa shape index (κ2) is 19.7. The van der Waals surface area contributed by atoms with Crippen LogP contribution in [0.4, 0.5) is 19.2 Å². The molecule has 0 aliphatic carbocycles. The molecule has 18 nitrogen and oxygen atoms in total. The summed E-state index contributed by atoms with van der Waals surface area (Å²) in [7, 11) is 8.34. The number of rotatable bonds is 9. The molecule has 0 unspecified atom stereocenters. The van der Waals surface area contributed by atoms with Gasteiger partial charge in [0.1, 0.15) is 16.5 Å². The van der Waals surface area contributed by atoms with Crippen LogP contribution in [0.25, 0.3) is 0 Å². The van der Waals surface area contributed by atoms with E-state index in [-0.39, 0.29) is 16.5 Å². The molecule has 0 bridgehead atoms. The van der Waals surface area contributed by atoms with Gasteiger partial charge in [-0.1, -0.05) is 20.6 Å². The average molecular weight is 672 g/mol. The highest BCUT2D eigenvalue weighted by molar-refractivity contribution is 8.15. The van der Waals surface area contributed by atoms with E-state index in [9.17, 15) is 24.0 Å². The van der Waals surface area contributed by atoms with E-state index in [0.29, 0.717) is 29.3 Å². The Labute approximate surface area is 260 Å². The molecule has 0 rings (SSSR count). The number of carbonyl (C=O) groups excluding carboxylic acids is 5. The van der Waals surface area contributed by atoms with Crippen molar-refractivity contribution in [1.29, 1.82) is 0 Å². The van der Waals surface area contributed by atoms with Crippen LogP contribution in [-0.2, 0) is 24.1 Å². The van der Waals surface area contributed by atoms with Crippen LogP contribution >= 0.6 is 47.8 Å². The van der Waals surface area contributed by atoms with Crippen LogP contribution < -0.4 is 0 Å². The highest BCUT2D eigenvalue weighted by Gasteiger charge is 2.22. The zero-order valence-electron chi connectivity index (χ0n) is 24.8. The van der Waals surface area contributed by atoms with Gasteiger partial charge < -0.3 is 4.90 Å². The van der Waals surface area contributed by atoms with Crippen LogP contribution in [-0.4, -0.2) is 129 Å². The van der Waals surface area contributed by atoms with Crippen LogP contribution in [0.2, 0.25) is 0 Å². The molecule has 0 heterocycles. The number of carbonyl (C=O) groups is 5. The van der Waals surface area contributed by atoms with Gasteiger partial charge in [0, 0.05) is 42.3 Å². The first-order chi connectivity index (χ1) is 19.5. The Balaban J connectivity index is 4.89. The van der Waals surface area contributed by atoms with Crippen molar-refractivity contribution in [2.75, 3.05) is 54.8 Å². The highest BCUT2D eigenvalue weighted by atomic mass is 32.2. The fraction of sp³-hybridized carbons (Fsp3) is 0.550. The molecule has 0 aromatic rings. The van der Waals surface area contributed by atoms with E-state index in [1.54, 1.807) is 19.4 Å². The fourth-order valence-electron chi connectivity index (χ4n) is 1.65. The van der Waals surface area contributed by atoms with Gasteiger partial charge in [0.15, 0.2) is 0 Å². The van der Waals surface area contributed by atoms with E-state index >= 15 is 0 Å². The molecule has 236 valence electrons. The van der Waals surface area contributed by atoms with Crippen LogP contribution in [0, 0.1) is 0 Å². The maximum absolute atomic E-state index is 12.2. The highest BCUT2D eigenvalue weighted by Crippen LogP contribution is 2.16. The Kier molecular flexibility index (Phi) is 18.1. The first-order valence-electron chi connectivity index (χ1n) is 11.2. The van der Waals surface area contributed by atoms with E-state index in [1.807, 2.05) is 0 Å². The van der Waals surface area contributed by atoms with E-state index in [2.05, 4.69) is 20.6 Å². The van der Waals surface area contributed by atoms with Crippen LogP contribution in [0.1, 0.15) is 20.8 Å². The number of nitrogens with zero attached hydrogens (tertiary/aromatic N) is 9. The predicted octanol–water partition coefficient (Wildman–Crippen LogP) is 3.60. The van der Waals surface area contributed by atoms with Crippen LogP contribution in [0.5, 0.6) is 0 Å². The Morgan fingerprint density at radius 2 is 0.857 bits per heavy atom. The minimum Gasteiger partial charge on any atom is -0.343 e. The normalized spacial score (nSPS) is 12.2. The lowest BCUT2D eigenvalue weighted by atomic mass is 10.3. The smallest absolute Gasteiger partial charge is 0.343 e. The van der Waals surface area contributed by atoms with Gasteiger partial charge in [-0.25, -0.2) is 36.4 Å². The molecule has 0 saturated heterocycles. The average Bonchev–Trinajstić information content (AvgIpc) is 2.96. The molecule has 22 heteroatoms. The third-order valence-electron chi connectivity index (χ3n) is 4.10. The minimum absolute atomic E-state index is 0.0446. The van der Waals surface area contributed by atoms with Crippen molar-refractivity contribution in [3.63, 3.8) is 0 Å². The van der Waals surface area contributed by atoms with Crippen molar-refractivity contribution in [2.45, 2.75) is 20.8 Å². The Morgan fingerprint density at radius 3 is 1.17 bits per heavy atom. The topological polar surface area (TPSA) is 188 Å². The first kappa shape index (κ1) is 38.6. The SMILES string of the molecule is CSC(C)=NOC(=O)N(C)SN(C)C(=O)ON=C(C)C(C)=NOC(=O)N(C)SN(C)C(=O)ON=C(SC)C(=O)N(C)C. The largest absolute Gasteiger partial charge is 0.447 e. The van der Waals surface area contributed by atoms with Gasteiger partial charge in [-0.05, 0) is 33.3 Å². The molecular weight excluding hydrogens is 639 g/mol. The fourth-order valence-corrected chi connectivity index (χ4v) is 3.37. The zero-order valence-corrected chi connectivity index (χ0v) is 28.1. The number of thioether (sulfide) groups is 2. The lowest BCUT2D eigenvalue weighted by Crippen LogP contribution is -2.30. The molecular formula is C20H33N9O9S4. The summed E-state index contributed by atoms with van der Waals surface area (Å²) >= 11 is 3.57. The van der Waals surface area contributed by atoms with Gasteiger partial charge in [-0.3, -0.25) is 24.1 Å². The molecule has 0 spiro atoms. The quantitative estimate of drug-likeness (QED) is 0.114. The summed E-state index contributed by atoms with van der Waals surface area (Å²) < 4.78 is 3.83. The maximum Gasteiger partial charge on any atom is 0.447 e. The molecule has 0 atom stereocenters. The number of hydrogen-bond donors (Lipinski definition) is 0. The van der Waals surface area contributed by atoms with E-state index in [4.69, 9.17) is 19.4 Å². The van der Waals surface area contributed by atoms with Crippen LogP contribution in [0.15, 0.2) is 20.6 Å². The van der Waals surface area contributed by atoms with Gasteiger partial charge in [-0.2, -0.15) is 0 Å².